The van der Waals surface area contributed by atoms with Gasteiger partial charge in [-0.1, -0.05) is 0 Å². The summed E-state index contributed by atoms with van der Waals surface area (Å²) in [5.41, 5.74) is 1.06. The average Bonchev–Trinajstić information content (AvgIpc) is 2.97. The molecular formula is C16H13N3O5S2. The summed E-state index contributed by atoms with van der Waals surface area (Å²) in [6, 6.07) is 3.10. The minimum Gasteiger partial charge on any atom is -0.464 e. The average molecular weight is 391 g/mol. The van der Waals surface area contributed by atoms with E-state index < -0.39 is 15.8 Å². The van der Waals surface area contributed by atoms with Gasteiger partial charge in [0.05, 0.1) is 24.0 Å². The lowest BCUT2D eigenvalue weighted by molar-refractivity contribution is 0.0594. The van der Waals surface area contributed by atoms with Gasteiger partial charge in [0, 0.05) is 16.6 Å². The molecule has 26 heavy (non-hydrogen) atoms. The van der Waals surface area contributed by atoms with Gasteiger partial charge in [-0.3, -0.25) is 4.79 Å². The number of pyridine rings is 1. The Bertz CT molecular complexity index is 1210. The number of thiophene rings is 1. The number of esters is 1. The normalized spacial score (nSPS) is 15.6. The first-order valence-electron chi connectivity index (χ1n) is 7.68. The van der Waals surface area contributed by atoms with Gasteiger partial charge >= 0.3 is 5.97 Å². The first kappa shape index (κ1) is 16.9. The highest BCUT2D eigenvalue weighted by atomic mass is 32.2. The standard InChI is InChI=1S/C16H13N3O5S2/c1-24-16(21)10-6-8(2-4-17-10)13-18-14(20)12-9-3-5-26(22,23)7-11(9)25-15(12)19-13/h2,4,6H,3,5,7H2,1H3,(H,18,19,20). The lowest BCUT2D eigenvalue weighted by Gasteiger charge is -2.11. The van der Waals surface area contributed by atoms with E-state index in [9.17, 15) is 18.0 Å². The van der Waals surface area contributed by atoms with Crippen LogP contribution in [0.25, 0.3) is 21.6 Å². The Morgan fingerprint density at radius 3 is 2.96 bits per heavy atom. The third-order valence-corrected chi connectivity index (χ3v) is 7.05. The van der Waals surface area contributed by atoms with Crippen molar-refractivity contribution in [2.75, 3.05) is 12.9 Å². The molecule has 4 rings (SSSR count). The number of ether oxygens (including phenoxy) is 1. The number of carbonyl (C=O) groups excluding carboxylic acids is 1. The van der Waals surface area contributed by atoms with Gasteiger partial charge in [0.25, 0.3) is 5.56 Å². The number of hydrogen-bond acceptors (Lipinski definition) is 8. The fraction of sp³-hybridized carbons (Fsp3) is 0.250. The maximum absolute atomic E-state index is 12.6. The van der Waals surface area contributed by atoms with Gasteiger partial charge in [-0.2, -0.15) is 0 Å². The number of aromatic nitrogens is 3. The van der Waals surface area contributed by atoms with Crippen LogP contribution in [-0.2, 0) is 26.7 Å². The van der Waals surface area contributed by atoms with Crippen LogP contribution in [0, 0.1) is 0 Å². The number of H-pyrrole nitrogens is 1. The molecule has 0 unspecified atom stereocenters. The molecule has 3 aromatic rings. The van der Waals surface area contributed by atoms with E-state index in [-0.39, 0.29) is 28.6 Å². The number of sulfone groups is 1. The summed E-state index contributed by atoms with van der Waals surface area (Å²) in [7, 11) is -1.87. The third kappa shape index (κ3) is 2.80. The highest BCUT2D eigenvalue weighted by Crippen LogP contribution is 2.34. The van der Waals surface area contributed by atoms with Crippen molar-refractivity contribution in [2.24, 2.45) is 0 Å². The molecule has 0 radical (unpaired) electrons. The van der Waals surface area contributed by atoms with Crippen molar-refractivity contribution in [3.05, 3.63) is 44.8 Å². The van der Waals surface area contributed by atoms with Crippen molar-refractivity contribution in [3.8, 4) is 11.4 Å². The summed E-state index contributed by atoms with van der Waals surface area (Å²) in [5, 5.41) is 0.450. The Kier molecular flexibility index (Phi) is 3.88. The molecule has 0 bridgehead atoms. The summed E-state index contributed by atoms with van der Waals surface area (Å²) in [4.78, 5) is 36.5. The summed E-state index contributed by atoms with van der Waals surface area (Å²) in [6.45, 7) is 0. The van der Waals surface area contributed by atoms with Crippen LogP contribution in [0.2, 0.25) is 0 Å². The quantitative estimate of drug-likeness (QED) is 0.654. The molecule has 0 fully saturated rings. The Hall–Kier alpha value is -2.59. The van der Waals surface area contributed by atoms with Gasteiger partial charge in [-0.25, -0.2) is 23.2 Å². The molecule has 0 saturated heterocycles. The summed E-state index contributed by atoms with van der Waals surface area (Å²) < 4.78 is 28.3. The summed E-state index contributed by atoms with van der Waals surface area (Å²) >= 11 is 1.22. The SMILES string of the molecule is COC(=O)c1cc(-c2nc3sc4c(c3c(=O)[nH]2)CCS(=O)(=O)C4)ccn1. The molecule has 10 heteroatoms. The predicted molar refractivity (Wildman–Crippen MR) is 96.0 cm³/mol. The van der Waals surface area contributed by atoms with E-state index in [4.69, 9.17) is 0 Å². The van der Waals surface area contributed by atoms with E-state index in [2.05, 4.69) is 19.7 Å². The molecule has 0 aromatic carbocycles. The topological polar surface area (TPSA) is 119 Å². The van der Waals surface area contributed by atoms with Crippen molar-refractivity contribution < 1.29 is 17.9 Å². The first-order valence-corrected chi connectivity index (χ1v) is 10.3. The van der Waals surface area contributed by atoms with Crippen molar-refractivity contribution >= 4 is 37.4 Å². The van der Waals surface area contributed by atoms with E-state index in [1.54, 1.807) is 6.07 Å². The van der Waals surface area contributed by atoms with Crippen molar-refractivity contribution in [2.45, 2.75) is 12.2 Å². The van der Waals surface area contributed by atoms with Crippen molar-refractivity contribution in [3.63, 3.8) is 0 Å². The smallest absolute Gasteiger partial charge is 0.356 e. The second-order valence-electron chi connectivity index (χ2n) is 5.86. The molecule has 4 heterocycles. The minimum absolute atomic E-state index is 0.0415. The second kappa shape index (κ2) is 5.99. The number of fused-ring (bicyclic) bond motifs is 3. The zero-order valence-corrected chi connectivity index (χ0v) is 15.2. The van der Waals surface area contributed by atoms with Gasteiger partial charge in [0.15, 0.2) is 9.84 Å². The summed E-state index contributed by atoms with van der Waals surface area (Å²) in [5.74, 6) is -0.316. The van der Waals surface area contributed by atoms with Crippen LogP contribution in [0.5, 0.6) is 0 Å². The van der Waals surface area contributed by atoms with Crippen LogP contribution in [0.4, 0.5) is 0 Å². The number of nitrogens with zero attached hydrogens (tertiary/aromatic N) is 2. The molecule has 0 aliphatic carbocycles. The Morgan fingerprint density at radius 2 is 2.19 bits per heavy atom. The largest absolute Gasteiger partial charge is 0.464 e. The van der Waals surface area contributed by atoms with Gasteiger partial charge in [0.1, 0.15) is 16.3 Å². The Balaban J connectivity index is 1.87. The molecule has 3 aromatic heterocycles. The monoisotopic (exact) mass is 391 g/mol. The highest BCUT2D eigenvalue weighted by molar-refractivity contribution is 7.90. The lowest BCUT2D eigenvalue weighted by atomic mass is 10.1. The van der Waals surface area contributed by atoms with Gasteiger partial charge in [0.2, 0.25) is 0 Å². The second-order valence-corrected chi connectivity index (χ2v) is 9.13. The molecule has 1 aliphatic rings. The lowest BCUT2D eigenvalue weighted by Crippen LogP contribution is -2.19. The van der Waals surface area contributed by atoms with E-state index in [1.807, 2.05) is 0 Å². The molecule has 134 valence electrons. The fourth-order valence-corrected chi connectivity index (χ4v) is 5.97. The number of aromatic amines is 1. The molecule has 0 spiro atoms. The van der Waals surface area contributed by atoms with Crippen LogP contribution in [0.15, 0.2) is 23.1 Å². The first-order chi connectivity index (χ1) is 12.4. The van der Waals surface area contributed by atoms with Gasteiger partial charge in [-0.15, -0.1) is 11.3 Å². The van der Waals surface area contributed by atoms with Gasteiger partial charge in [-0.05, 0) is 24.1 Å². The van der Waals surface area contributed by atoms with E-state index in [1.165, 1.54) is 30.7 Å². The Labute approximate surface area is 151 Å². The number of aryl methyl sites for hydroxylation is 1. The van der Waals surface area contributed by atoms with Crippen molar-refractivity contribution in [1.29, 1.82) is 0 Å². The number of rotatable bonds is 2. The van der Waals surface area contributed by atoms with E-state index >= 15 is 0 Å². The fourth-order valence-electron chi connectivity index (χ4n) is 2.95. The predicted octanol–water partition coefficient (Wildman–Crippen LogP) is 1.30. The van der Waals surface area contributed by atoms with Crippen LogP contribution in [0.3, 0.4) is 0 Å². The Morgan fingerprint density at radius 1 is 1.38 bits per heavy atom. The van der Waals surface area contributed by atoms with Crippen LogP contribution in [-0.4, -0.2) is 42.2 Å². The van der Waals surface area contributed by atoms with Crippen LogP contribution >= 0.6 is 11.3 Å². The number of carbonyl (C=O) groups is 1. The molecule has 0 saturated carbocycles. The molecule has 1 aliphatic heterocycles. The van der Waals surface area contributed by atoms with Crippen LogP contribution < -0.4 is 5.56 Å². The molecule has 1 N–H and O–H groups in total. The molecule has 8 nitrogen and oxygen atoms in total. The van der Waals surface area contributed by atoms with E-state index in [0.29, 0.717) is 27.1 Å². The number of methoxy groups -OCH3 is 1. The van der Waals surface area contributed by atoms with Gasteiger partial charge < -0.3 is 9.72 Å². The maximum atomic E-state index is 12.6. The third-order valence-electron chi connectivity index (χ3n) is 4.19. The molecule has 0 atom stereocenters. The molecular weight excluding hydrogens is 378 g/mol. The zero-order chi connectivity index (χ0) is 18.5. The number of hydrogen-bond donors (Lipinski definition) is 1. The minimum atomic E-state index is -3.13. The van der Waals surface area contributed by atoms with Crippen molar-refractivity contribution in [1.82, 2.24) is 15.0 Å². The van der Waals surface area contributed by atoms with E-state index in [0.717, 1.165) is 5.56 Å². The number of nitrogens with one attached hydrogen (secondary N) is 1. The molecule has 0 amide bonds. The summed E-state index contributed by atoms with van der Waals surface area (Å²) in [6.07, 6.45) is 1.75. The zero-order valence-electron chi connectivity index (χ0n) is 13.6. The maximum Gasteiger partial charge on any atom is 0.356 e. The van der Waals surface area contributed by atoms with Crippen LogP contribution in [0.1, 0.15) is 20.9 Å². The highest BCUT2D eigenvalue weighted by Gasteiger charge is 2.27.